The summed E-state index contributed by atoms with van der Waals surface area (Å²) in [6, 6.07) is 9.65. The van der Waals surface area contributed by atoms with Gasteiger partial charge in [0.1, 0.15) is 17.4 Å². The topological polar surface area (TPSA) is 89.0 Å². The molecule has 0 fully saturated rings. The van der Waals surface area contributed by atoms with Crippen LogP contribution in [0.3, 0.4) is 0 Å². The van der Waals surface area contributed by atoms with E-state index in [0.29, 0.717) is 11.3 Å². The standard InChI is InChI=1S/C13H9N3O3/c1-9-11(16(17)18)5-2-6-12(9)19-13-10(8-14)4-3-7-15-13/h2-7H,1H3. The Balaban J connectivity index is 2.42. The first-order valence-electron chi connectivity index (χ1n) is 5.40. The van der Waals surface area contributed by atoms with Gasteiger partial charge in [-0.25, -0.2) is 4.98 Å². The Kier molecular flexibility index (Phi) is 3.39. The SMILES string of the molecule is Cc1c(Oc2ncccc2C#N)cccc1[N+](=O)[O-]. The first kappa shape index (κ1) is 12.5. The molecule has 0 amide bonds. The summed E-state index contributed by atoms with van der Waals surface area (Å²) in [6.45, 7) is 1.59. The van der Waals surface area contributed by atoms with Crippen molar-refractivity contribution >= 4 is 5.69 Å². The van der Waals surface area contributed by atoms with E-state index in [9.17, 15) is 10.1 Å². The number of benzene rings is 1. The minimum Gasteiger partial charge on any atom is -0.437 e. The summed E-state index contributed by atoms with van der Waals surface area (Å²) in [6.07, 6.45) is 1.49. The van der Waals surface area contributed by atoms with Gasteiger partial charge < -0.3 is 4.74 Å². The lowest BCUT2D eigenvalue weighted by Crippen LogP contribution is -1.96. The molecule has 6 heteroatoms. The van der Waals surface area contributed by atoms with Gasteiger partial charge in [-0.1, -0.05) is 6.07 Å². The van der Waals surface area contributed by atoms with Gasteiger partial charge in [0, 0.05) is 12.3 Å². The molecule has 0 atom stereocenters. The molecule has 0 saturated heterocycles. The second-order valence-electron chi connectivity index (χ2n) is 3.73. The summed E-state index contributed by atoms with van der Waals surface area (Å²) in [4.78, 5) is 14.3. The van der Waals surface area contributed by atoms with E-state index < -0.39 is 4.92 Å². The third kappa shape index (κ3) is 2.50. The summed E-state index contributed by atoms with van der Waals surface area (Å²) in [5.74, 6) is 0.443. The second-order valence-corrected chi connectivity index (χ2v) is 3.73. The van der Waals surface area contributed by atoms with Crippen molar-refractivity contribution in [1.82, 2.24) is 4.98 Å². The highest BCUT2D eigenvalue weighted by atomic mass is 16.6. The predicted molar refractivity (Wildman–Crippen MR) is 66.9 cm³/mol. The van der Waals surface area contributed by atoms with Gasteiger partial charge in [-0.2, -0.15) is 5.26 Å². The van der Waals surface area contributed by atoms with Crippen molar-refractivity contribution in [3.8, 4) is 17.7 Å². The number of aromatic nitrogens is 1. The molecular formula is C13H9N3O3. The zero-order valence-corrected chi connectivity index (χ0v) is 10.0. The van der Waals surface area contributed by atoms with Crippen LogP contribution in [0, 0.1) is 28.4 Å². The maximum Gasteiger partial charge on any atom is 0.276 e. The summed E-state index contributed by atoms with van der Waals surface area (Å²) < 4.78 is 5.48. The highest BCUT2D eigenvalue weighted by Gasteiger charge is 2.16. The molecule has 0 N–H and O–H groups in total. The normalized spacial score (nSPS) is 9.68. The quantitative estimate of drug-likeness (QED) is 0.621. The fourth-order valence-electron chi connectivity index (χ4n) is 1.57. The van der Waals surface area contributed by atoms with E-state index in [-0.39, 0.29) is 17.1 Å². The highest BCUT2D eigenvalue weighted by Crippen LogP contribution is 2.31. The Morgan fingerprint density at radius 1 is 1.37 bits per heavy atom. The van der Waals surface area contributed by atoms with Gasteiger partial charge in [-0.05, 0) is 25.1 Å². The van der Waals surface area contributed by atoms with E-state index in [1.54, 1.807) is 25.1 Å². The maximum atomic E-state index is 10.8. The predicted octanol–water partition coefficient (Wildman–Crippen LogP) is 2.96. The smallest absolute Gasteiger partial charge is 0.276 e. The number of nitrogens with zero attached hydrogens (tertiary/aromatic N) is 3. The van der Waals surface area contributed by atoms with Gasteiger partial charge in [0.2, 0.25) is 5.88 Å². The van der Waals surface area contributed by atoms with E-state index >= 15 is 0 Å². The molecule has 0 aliphatic carbocycles. The number of hydrogen-bond donors (Lipinski definition) is 0. The van der Waals surface area contributed by atoms with Crippen LogP contribution in [-0.2, 0) is 0 Å². The number of ether oxygens (including phenoxy) is 1. The third-order valence-corrected chi connectivity index (χ3v) is 2.55. The minimum atomic E-state index is -0.480. The molecular weight excluding hydrogens is 246 g/mol. The van der Waals surface area contributed by atoms with E-state index in [4.69, 9.17) is 10.00 Å². The average molecular weight is 255 g/mol. The third-order valence-electron chi connectivity index (χ3n) is 2.55. The van der Waals surface area contributed by atoms with Crippen LogP contribution in [0.25, 0.3) is 0 Å². The van der Waals surface area contributed by atoms with Crippen molar-refractivity contribution in [1.29, 1.82) is 5.26 Å². The molecule has 0 aliphatic rings. The summed E-state index contributed by atoms with van der Waals surface area (Å²) in [5.41, 5.74) is 0.627. The van der Waals surface area contributed by atoms with E-state index in [1.807, 2.05) is 6.07 Å². The fraction of sp³-hybridized carbons (Fsp3) is 0.0769. The molecule has 0 saturated carbocycles. The largest absolute Gasteiger partial charge is 0.437 e. The molecule has 0 spiro atoms. The Labute approximate surface area is 109 Å². The number of nitriles is 1. The Morgan fingerprint density at radius 3 is 2.84 bits per heavy atom. The van der Waals surface area contributed by atoms with Crippen LogP contribution in [0.2, 0.25) is 0 Å². The van der Waals surface area contributed by atoms with Gasteiger partial charge in [-0.3, -0.25) is 10.1 Å². The van der Waals surface area contributed by atoms with Crippen molar-refractivity contribution < 1.29 is 9.66 Å². The van der Waals surface area contributed by atoms with Crippen molar-refractivity contribution in [2.75, 3.05) is 0 Å². The molecule has 0 radical (unpaired) electrons. The van der Waals surface area contributed by atoms with Crippen LogP contribution < -0.4 is 4.74 Å². The van der Waals surface area contributed by atoms with Gasteiger partial charge in [0.05, 0.1) is 10.5 Å². The maximum absolute atomic E-state index is 10.8. The molecule has 1 aromatic carbocycles. The molecule has 6 nitrogen and oxygen atoms in total. The fourth-order valence-corrected chi connectivity index (χ4v) is 1.57. The van der Waals surface area contributed by atoms with Crippen LogP contribution >= 0.6 is 0 Å². The van der Waals surface area contributed by atoms with Crippen LogP contribution in [0.4, 0.5) is 5.69 Å². The summed E-state index contributed by atoms with van der Waals surface area (Å²) in [7, 11) is 0. The van der Waals surface area contributed by atoms with Crippen molar-refractivity contribution in [3.05, 3.63) is 57.8 Å². The molecule has 0 bridgehead atoms. The van der Waals surface area contributed by atoms with Gasteiger partial charge in [0.15, 0.2) is 0 Å². The number of nitro groups is 1. The van der Waals surface area contributed by atoms with Gasteiger partial charge in [0.25, 0.3) is 5.69 Å². The number of pyridine rings is 1. The number of nitro benzene ring substituents is 1. The van der Waals surface area contributed by atoms with Crippen molar-refractivity contribution in [2.45, 2.75) is 6.92 Å². The molecule has 19 heavy (non-hydrogen) atoms. The Bertz CT molecular complexity index is 677. The van der Waals surface area contributed by atoms with Crippen molar-refractivity contribution in [2.24, 2.45) is 0 Å². The second kappa shape index (κ2) is 5.14. The highest BCUT2D eigenvalue weighted by molar-refractivity contribution is 5.50. The lowest BCUT2D eigenvalue weighted by Gasteiger charge is -2.08. The zero-order chi connectivity index (χ0) is 13.8. The number of rotatable bonds is 3. The van der Waals surface area contributed by atoms with Gasteiger partial charge in [-0.15, -0.1) is 0 Å². The van der Waals surface area contributed by atoms with Crippen LogP contribution in [-0.4, -0.2) is 9.91 Å². The monoisotopic (exact) mass is 255 g/mol. The van der Waals surface area contributed by atoms with Crippen molar-refractivity contribution in [3.63, 3.8) is 0 Å². The minimum absolute atomic E-state index is 0.0352. The lowest BCUT2D eigenvalue weighted by molar-refractivity contribution is -0.385. The molecule has 2 rings (SSSR count). The molecule has 1 aromatic heterocycles. The van der Waals surface area contributed by atoms with Crippen LogP contribution in [0.5, 0.6) is 11.6 Å². The van der Waals surface area contributed by atoms with E-state index in [2.05, 4.69) is 4.98 Å². The van der Waals surface area contributed by atoms with Crippen LogP contribution in [0.15, 0.2) is 36.5 Å². The number of hydrogen-bond acceptors (Lipinski definition) is 5. The lowest BCUT2D eigenvalue weighted by atomic mass is 10.2. The molecule has 1 heterocycles. The molecule has 0 unspecified atom stereocenters. The summed E-state index contributed by atoms with van der Waals surface area (Å²) in [5, 5.41) is 19.8. The summed E-state index contributed by atoms with van der Waals surface area (Å²) >= 11 is 0. The average Bonchev–Trinajstić information content (AvgIpc) is 2.41. The molecule has 0 aliphatic heterocycles. The zero-order valence-electron chi connectivity index (χ0n) is 10.0. The van der Waals surface area contributed by atoms with E-state index in [1.165, 1.54) is 18.3 Å². The first-order valence-corrected chi connectivity index (χ1v) is 5.40. The first-order chi connectivity index (χ1) is 9.13. The Morgan fingerprint density at radius 2 is 2.16 bits per heavy atom. The Hall–Kier alpha value is -2.94. The van der Waals surface area contributed by atoms with E-state index in [0.717, 1.165) is 0 Å². The van der Waals surface area contributed by atoms with Crippen LogP contribution in [0.1, 0.15) is 11.1 Å². The molecule has 2 aromatic rings. The van der Waals surface area contributed by atoms with Gasteiger partial charge >= 0.3 is 0 Å². The molecule has 94 valence electrons.